The second-order valence-corrected chi connectivity index (χ2v) is 5.99. The number of phenols is 1. The number of phenolic OH excluding ortho intramolecular Hbond substituents is 1. The molecule has 1 saturated carbocycles. The molecule has 0 spiro atoms. The average molecular weight is 284 g/mol. The zero-order valence-electron chi connectivity index (χ0n) is 11.4. The van der Waals surface area contributed by atoms with Gasteiger partial charge in [-0.1, -0.05) is 12.2 Å². The molecule has 0 radical (unpaired) electrons. The quantitative estimate of drug-likeness (QED) is 0.502. The fourth-order valence-electron chi connectivity index (χ4n) is 3.87. The second kappa shape index (κ2) is 4.35. The van der Waals surface area contributed by atoms with Gasteiger partial charge in [0, 0.05) is 5.69 Å². The van der Waals surface area contributed by atoms with Crippen molar-refractivity contribution in [3.8, 4) is 5.75 Å². The molecule has 1 heterocycles. The summed E-state index contributed by atoms with van der Waals surface area (Å²) in [5.41, 5.74) is 0.770. The highest BCUT2D eigenvalue weighted by molar-refractivity contribution is 6.06. The van der Waals surface area contributed by atoms with E-state index in [1.54, 1.807) is 24.3 Å². The Hall–Kier alpha value is -2.30. The summed E-state index contributed by atoms with van der Waals surface area (Å²) in [6.07, 6.45) is 5.13. The average Bonchev–Trinajstić information content (AvgIpc) is 3.14. The van der Waals surface area contributed by atoms with E-state index in [1.807, 2.05) is 0 Å². The number of aromatic hydroxyl groups is 1. The molecule has 4 atom stereocenters. The fraction of sp³-hybridized carbons (Fsp3) is 0.375. The third-order valence-electron chi connectivity index (χ3n) is 4.87. The second-order valence-electron chi connectivity index (χ2n) is 5.99. The van der Waals surface area contributed by atoms with Gasteiger partial charge >= 0.3 is 0 Å². The molecule has 2 amide bonds. The number of hydrogen-bond donors (Lipinski definition) is 2. The van der Waals surface area contributed by atoms with Crippen molar-refractivity contribution in [3.05, 3.63) is 36.4 Å². The van der Waals surface area contributed by atoms with Crippen LogP contribution in [0.25, 0.3) is 0 Å². The minimum Gasteiger partial charge on any atom is -0.508 e. The number of hydrogen-bond acceptors (Lipinski definition) is 4. The number of amides is 2. The normalized spacial score (nSPS) is 32.9. The summed E-state index contributed by atoms with van der Waals surface area (Å²) < 4.78 is 0. The highest BCUT2D eigenvalue weighted by Gasteiger charge is 2.59. The number of fused-ring (bicyclic) bond motifs is 5. The number of imide groups is 1. The first kappa shape index (κ1) is 12.4. The van der Waals surface area contributed by atoms with E-state index in [9.17, 15) is 14.7 Å². The standard InChI is InChI=1S/C16H16N2O3/c19-12-5-3-11(4-6-12)17-8-18-15(20)13-9-1-2-10(7-9)14(13)16(18)21/h1-6,9-10,13-14,17,19H,7-8H2/t9-,10+,13-,14+. The molecule has 1 aromatic carbocycles. The Kier molecular flexibility index (Phi) is 2.58. The molecular weight excluding hydrogens is 268 g/mol. The molecule has 5 nitrogen and oxygen atoms in total. The van der Waals surface area contributed by atoms with Crippen LogP contribution in [-0.2, 0) is 9.59 Å². The molecule has 1 saturated heterocycles. The molecule has 1 aromatic rings. The van der Waals surface area contributed by atoms with Gasteiger partial charge in [0.25, 0.3) is 0 Å². The van der Waals surface area contributed by atoms with E-state index in [-0.39, 0.29) is 47.9 Å². The molecule has 108 valence electrons. The number of benzene rings is 1. The largest absolute Gasteiger partial charge is 0.508 e. The SMILES string of the molecule is O=C1[C@@H]2[C@H](C(=O)N1CNc1ccc(O)cc1)[C@@H]1C=C[C@H]2C1. The number of rotatable bonds is 3. The summed E-state index contributed by atoms with van der Waals surface area (Å²) in [7, 11) is 0. The highest BCUT2D eigenvalue weighted by Crippen LogP contribution is 2.52. The summed E-state index contributed by atoms with van der Waals surface area (Å²) in [5, 5.41) is 12.3. The van der Waals surface area contributed by atoms with Crippen LogP contribution in [0.3, 0.4) is 0 Å². The monoisotopic (exact) mass is 284 g/mol. The molecule has 2 N–H and O–H groups in total. The summed E-state index contributed by atoms with van der Waals surface area (Å²) >= 11 is 0. The molecular formula is C16H16N2O3. The zero-order valence-corrected chi connectivity index (χ0v) is 11.4. The number of carbonyl (C=O) groups excluding carboxylic acids is 2. The lowest BCUT2D eigenvalue weighted by Gasteiger charge is -2.18. The van der Waals surface area contributed by atoms with E-state index in [0.29, 0.717) is 0 Å². The lowest BCUT2D eigenvalue weighted by atomic mass is 9.85. The lowest BCUT2D eigenvalue weighted by molar-refractivity contribution is -0.140. The van der Waals surface area contributed by atoms with Gasteiger partial charge in [-0.15, -0.1) is 0 Å². The smallest absolute Gasteiger partial charge is 0.235 e. The highest BCUT2D eigenvalue weighted by atomic mass is 16.3. The van der Waals surface area contributed by atoms with E-state index >= 15 is 0 Å². The maximum atomic E-state index is 12.5. The van der Waals surface area contributed by atoms with Crippen LogP contribution in [0, 0.1) is 23.7 Å². The molecule has 5 heteroatoms. The van der Waals surface area contributed by atoms with Crippen molar-refractivity contribution in [2.45, 2.75) is 6.42 Å². The molecule has 2 bridgehead atoms. The van der Waals surface area contributed by atoms with Crippen LogP contribution in [0.2, 0.25) is 0 Å². The predicted octanol–water partition coefficient (Wildman–Crippen LogP) is 1.57. The van der Waals surface area contributed by atoms with Gasteiger partial charge in [-0.3, -0.25) is 14.5 Å². The van der Waals surface area contributed by atoms with E-state index in [2.05, 4.69) is 17.5 Å². The number of anilines is 1. The third kappa shape index (κ3) is 1.77. The van der Waals surface area contributed by atoms with Crippen LogP contribution in [0.1, 0.15) is 6.42 Å². The Labute approximate surface area is 122 Å². The van der Waals surface area contributed by atoms with Crippen molar-refractivity contribution in [3.63, 3.8) is 0 Å². The van der Waals surface area contributed by atoms with Crippen LogP contribution >= 0.6 is 0 Å². The molecule has 1 aliphatic heterocycles. The summed E-state index contributed by atoms with van der Waals surface area (Å²) in [6.45, 7) is 0.189. The maximum absolute atomic E-state index is 12.5. The minimum atomic E-state index is -0.144. The Morgan fingerprint density at radius 3 is 2.19 bits per heavy atom. The van der Waals surface area contributed by atoms with Gasteiger partial charge in [0.2, 0.25) is 11.8 Å². The number of likely N-dealkylation sites (tertiary alicyclic amines) is 1. The van der Waals surface area contributed by atoms with Gasteiger partial charge in [0.05, 0.1) is 18.5 Å². The maximum Gasteiger partial charge on any atom is 0.235 e. The van der Waals surface area contributed by atoms with E-state index in [1.165, 1.54) is 4.90 Å². The predicted molar refractivity (Wildman–Crippen MR) is 76.2 cm³/mol. The van der Waals surface area contributed by atoms with Gasteiger partial charge in [0.1, 0.15) is 5.75 Å². The van der Waals surface area contributed by atoms with E-state index in [0.717, 1.165) is 12.1 Å². The number of carbonyl (C=O) groups is 2. The van der Waals surface area contributed by atoms with Gasteiger partial charge in [-0.25, -0.2) is 0 Å². The van der Waals surface area contributed by atoms with Crippen LogP contribution in [0.15, 0.2) is 36.4 Å². The minimum absolute atomic E-state index is 0.0480. The van der Waals surface area contributed by atoms with Gasteiger partial charge in [-0.2, -0.15) is 0 Å². The molecule has 2 aliphatic carbocycles. The van der Waals surface area contributed by atoms with Crippen LogP contribution in [-0.4, -0.2) is 28.5 Å². The first-order valence-electron chi connectivity index (χ1n) is 7.21. The van der Waals surface area contributed by atoms with Crippen LogP contribution in [0.5, 0.6) is 5.75 Å². The zero-order chi connectivity index (χ0) is 14.6. The Morgan fingerprint density at radius 2 is 1.62 bits per heavy atom. The van der Waals surface area contributed by atoms with Crippen LogP contribution in [0.4, 0.5) is 5.69 Å². The summed E-state index contributed by atoms with van der Waals surface area (Å²) in [6, 6.07) is 6.56. The molecule has 0 unspecified atom stereocenters. The molecule has 0 aromatic heterocycles. The molecule has 4 rings (SSSR count). The van der Waals surface area contributed by atoms with Crippen LogP contribution < -0.4 is 5.32 Å². The van der Waals surface area contributed by atoms with Gasteiger partial charge in [0.15, 0.2) is 0 Å². The summed E-state index contributed by atoms with van der Waals surface area (Å²) in [4.78, 5) is 26.2. The molecule has 21 heavy (non-hydrogen) atoms. The fourth-order valence-corrected chi connectivity index (χ4v) is 3.87. The molecule has 2 fully saturated rings. The third-order valence-corrected chi connectivity index (χ3v) is 4.87. The lowest BCUT2D eigenvalue weighted by Crippen LogP contribution is -2.37. The first-order chi connectivity index (χ1) is 10.1. The number of nitrogens with one attached hydrogen (secondary N) is 1. The first-order valence-corrected chi connectivity index (χ1v) is 7.21. The topological polar surface area (TPSA) is 69.6 Å². The Balaban J connectivity index is 1.48. The number of allylic oxidation sites excluding steroid dienone is 2. The molecule has 3 aliphatic rings. The van der Waals surface area contributed by atoms with Crippen molar-refractivity contribution in [2.24, 2.45) is 23.7 Å². The van der Waals surface area contributed by atoms with E-state index in [4.69, 9.17) is 0 Å². The summed E-state index contributed by atoms with van der Waals surface area (Å²) in [5.74, 6) is 0.292. The Morgan fingerprint density at radius 1 is 1.05 bits per heavy atom. The van der Waals surface area contributed by atoms with Gasteiger partial charge < -0.3 is 10.4 Å². The van der Waals surface area contributed by atoms with Crippen molar-refractivity contribution in [2.75, 3.05) is 12.0 Å². The van der Waals surface area contributed by atoms with Crippen molar-refractivity contribution >= 4 is 17.5 Å². The van der Waals surface area contributed by atoms with Gasteiger partial charge in [-0.05, 0) is 42.5 Å². The number of nitrogens with zero attached hydrogens (tertiary/aromatic N) is 1. The van der Waals surface area contributed by atoms with Crippen molar-refractivity contribution < 1.29 is 14.7 Å². The van der Waals surface area contributed by atoms with Crippen molar-refractivity contribution in [1.82, 2.24) is 4.90 Å². The van der Waals surface area contributed by atoms with Crippen molar-refractivity contribution in [1.29, 1.82) is 0 Å². The van der Waals surface area contributed by atoms with E-state index < -0.39 is 0 Å². The Bertz CT molecular complexity index is 607.